The maximum Gasteiger partial charge on any atom is 0.161 e. The first kappa shape index (κ1) is 12.7. The van der Waals surface area contributed by atoms with Gasteiger partial charge in [0.1, 0.15) is 11.9 Å². The van der Waals surface area contributed by atoms with Gasteiger partial charge in [-0.25, -0.2) is 4.98 Å². The second kappa shape index (κ2) is 5.24. The van der Waals surface area contributed by atoms with Gasteiger partial charge in [0, 0.05) is 12.1 Å². The minimum atomic E-state index is 0.516. The molecule has 0 fully saturated rings. The standard InChI is InChI=1S/C14H14ClN3/c1-10-17-13(9-16)14(18(10)2)8-7-11-5-3-4-6-12(11)15/h3-6H,7-8H2,1-2H3. The van der Waals surface area contributed by atoms with Gasteiger partial charge in [-0.15, -0.1) is 0 Å². The van der Waals surface area contributed by atoms with Crippen molar-refractivity contribution in [3.8, 4) is 6.07 Å². The minimum Gasteiger partial charge on any atom is -0.334 e. The lowest BCUT2D eigenvalue weighted by Gasteiger charge is -2.06. The second-order valence-corrected chi connectivity index (χ2v) is 4.62. The molecule has 0 saturated heterocycles. The maximum absolute atomic E-state index is 9.06. The molecular weight excluding hydrogens is 246 g/mol. The lowest BCUT2D eigenvalue weighted by Crippen LogP contribution is -2.02. The number of benzene rings is 1. The Hall–Kier alpha value is -1.79. The highest BCUT2D eigenvalue weighted by molar-refractivity contribution is 6.31. The number of nitrogens with zero attached hydrogens (tertiary/aromatic N) is 3. The predicted octanol–water partition coefficient (Wildman–Crippen LogP) is 3.04. The number of nitriles is 1. The Balaban J connectivity index is 2.21. The maximum atomic E-state index is 9.06. The lowest BCUT2D eigenvalue weighted by molar-refractivity contribution is 0.771. The summed E-state index contributed by atoms with van der Waals surface area (Å²) in [4.78, 5) is 4.23. The van der Waals surface area contributed by atoms with E-state index in [1.165, 1.54) is 0 Å². The molecule has 4 heteroatoms. The third kappa shape index (κ3) is 2.39. The molecule has 2 aromatic rings. The molecule has 0 aliphatic carbocycles. The number of rotatable bonds is 3. The Kier molecular flexibility index (Phi) is 3.69. The van der Waals surface area contributed by atoms with Crippen LogP contribution >= 0.6 is 11.6 Å². The Bertz CT molecular complexity index is 608. The van der Waals surface area contributed by atoms with Crippen molar-refractivity contribution < 1.29 is 0 Å². The zero-order chi connectivity index (χ0) is 13.1. The van der Waals surface area contributed by atoms with E-state index in [4.69, 9.17) is 16.9 Å². The monoisotopic (exact) mass is 259 g/mol. The topological polar surface area (TPSA) is 41.6 Å². The van der Waals surface area contributed by atoms with Crippen LogP contribution < -0.4 is 0 Å². The van der Waals surface area contributed by atoms with Crippen molar-refractivity contribution in [1.82, 2.24) is 9.55 Å². The SMILES string of the molecule is Cc1nc(C#N)c(CCc2ccccc2Cl)n1C. The van der Waals surface area contributed by atoms with E-state index >= 15 is 0 Å². The number of aromatic nitrogens is 2. The van der Waals surface area contributed by atoms with Crippen molar-refractivity contribution in [3.05, 3.63) is 52.1 Å². The van der Waals surface area contributed by atoms with Gasteiger partial charge in [-0.05, 0) is 31.4 Å². The molecule has 0 radical (unpaired) electrons. The largest absolute Gasteiger partial charge is 0.334 e. The van der Waals surface area contributed by atoms with E-state index in [1.807, 2.05) is 42.8 Å². The molecule has 1 aromatic heterocycles. The van der Waals surface area contributed by atoms with E-state index < -0.39 is 0 Å². The first-order chi connectivity index (χ1) is 8.63. The van der Waals surface area contributed by atoms with Crippen LogP contribution in [0.5, 0.6) is 0 Å². The van der Waals surface area contributed by atoms with Crippen molar-refractivity contribution in [2.75, 3.05) is 0 Å². The van der Waals surface area contributed by atoms with Crippen LogP contribution in [0.1, 0.15) is 22.8 Å². The molecule has 18 heavy (non-hydrogen) atoms. The third-order valence-corrected chi connectivity index (χ3v) is 3.50. The number of halogens is 1. The summed E-state index contributed by atoms with van der Waals surface area (Å²) in [6, 6.07) is 9.93. The molecule has 1 aromatic carbocycles. The van der Waals surface area contributed by atoms with Gasteiger partial charge in [-0.3, -0.25) is 0 Å². The van der Waals surface area contributed by atoms with Crippen LogP contribution in [0.4, 0.5) is 0 Å². The average molecular weight is 260 g/mol. The van der Waals surface area contributed by atoms with Crippen molar-refractivity contribution in [2.45, 2.75) is 19.8 Å². The van der Waals surface area contributed by atoms with Crippen LogP contribution in [0, 0.1) is 18.3 Å². The molecule has 0 N–H and O–H groups in total. The molecule has 2 rings (SSSR count). The van der Waals surface area contributed by atoms with Crippen molar-refractivity contribution >= 4 is 11.6 Å². The molecule has 0 atom stereocenters. The van der Waals surface area contributed by atoms with Crippen LogP contribution in [0.3, 0.4) is 0 Å². The van der Waals surface area contributed by atoms with Gasteiger partial charge < -0.3 is 4.57 Å². The average Bonchev–Trinajstić information content (AvgIpc) is 2.65. The molecule has 0 spiro atoms. The van der Waals surface area contributed by atoms with Crippen LogP contribution in [-0.2, 0) is 19.9 Å². The van der Waals surface area contributed by atoms with E-state index in [2.05, 4.69) is 11.1 Å². The fraction of sp³-hybridized carbons (Fsp3) is 0.286. The smallest absolute Gasteiger partial charge is 0.161 e. The van der Waals surface area contributed by atoms with E-state index in [1.54, 1.807) is 0 Å². The van der Waals surface area contributed by atoms with Crippen molar-refractivity contribution in [1.29, 1.82) is 5.26 Å². The van der Waals surface area contributed by atoms with Gasteiger partial charge in [0.2, 0.25) is 0 Å². The summed E-state index contributed by atoms with van der Waals surface area (Å²) in [5.74, 6) is 0.862. The highest BCUT2D eigenvalue weighted by Gasteiger charge is 2.12. The molecule has 0 saturated carbocycles. The van der Waals surface area contributed by atoms with Crippen LogP contribution in [0.15, 0.2) is 24.3 Å². The molecular formula is C14H14ClN3. The highest BCUT2D eigenvalue weighted by atomic mass is 35.5. The summed E-state index contributed by atoms with van der Waals surface area (Å²) in [5.41, 5.74) is 2.58. The summed E-state index contributed by atoms with van der Waals surface area (Å²) in [5, 5.41) is 9.83. The van der Waals surface area contributed by atoms with Crippen molar-refractivity contribution in [2.24, 2.45) is 7.05 Å². The normalized spacial score (nSPS) is 10.3. The molecule has 0 amide bonds. The van der Waals surface area contributed by atoms with Gasteiger partial charge in [0.25, 0.3) is 0 Å². The van der Waals surface area contributed by atoms with Gasteiger partial charge in [0.15, 0.2) is 5.69 Å². The predicted molar refractivity (Wildman–Crippen MR) is 71.5 cm³/mol. The Morgan fingerprint density at radius 2 is 2.06 bits per heavy atom. The highest BCUT2D eigenvalue weighted by Crippen LogP contribution is 2.18. The summed E-state index contributed by atoms with van der Waals surface area (Å²) in [6.45, 7) is 1.90. The lowest BCUT2D eigenvalue weighted by atomic mass is 10.1. The molecule has 0 unspecified atom stereocenters. The van der Waals surface area contributed by atoms with Crippen molar-refractivity contribution in [3.63, 3.8) is 0 Å². The number of hydrogen-bond donors (Lipinski definition) is 0. The molecule has 1 heterocycles. The van der Waals surface area contributed by atoms with E-state index in [0.29, 0.717) is 5.69 Å². The summed E-state index contributed by atoms with van der Waals surface area (Å²) in [7, 11) is 1.94. The number of aryl methyl sites for hydroxylation is 2. The van der Waals surface area contributed by atoms with Gasteiger partial charge in [-0.1, -0.05) is 29.8 Å². The molecule has 0 aliphatic rings. The third-order valence-electron chi connectivity index (χ3n) is 3.13. The number of imidazole rings is 1. The Morgan fingerprint density at radius 3 is 2.72 bits per heavy atom. The van der Waals surface area contributed by atoms with Crippen LogP contribution in [0.2, 0.25) is 5.02 Å². The summed E-state index contributed by atoms with van der Waals surface area (Å²) >= 11 is 6.12. The van der Waals surface area contributed by atoms with Gasteiger partial charge >= 0.3 is 0 Å². The summed E-state index contributed by atoms with van der Waals surface area (Å²) in [6.07, 6.45) is 1.58. The molecule has 92 valence electrons. The zero-order valence-corrected chi connectivity index (χ0v) is 11.2. The minimum absolute atomic E-state index is 0.516. The van der Waals surface area contributed by atoms with Gasteiger partial charge in [0.05, 0.1) is 5.69 Å². The van der Waals surface area contributed by atoms with Gasteiger partial charge in [-0.2, -0.15) is 5.26 Å². The van der Waals surface area contributed by atoms with E-state index in [9.17, 15) is 0 Å². The van der Waals surface area contributed by atoms with Crippen LogP contribution in [0.25, 0.3) is 0 Å². The zero-order valence-electron chi connectivity index (χ0n) is 10.4. The summed E-state index contributed by atoms with van der Waals surface area (Å²) < 4.78 is 1.97. The van der Waals surface area contributed by atoms with E-state index in [0.717, 1.165) is 34.9 Å². The quantitative estimate of drug-likeness (QED) is 0.850. The fourth-order valence-electron chi connectivity index (χ4n) is 1.99. The first-order valence-corrected chi connectivity index (χ1v) is 6.17. The van der Waals surface area contributed by atoms with Crippen LogP contribution in [-0.4, -0.2) is 9.55 Å². The molecule has 0 bridgehead atoms. The number of hydrogen-bond acceptors (Lipinski definition) is 2. The molecule has 3 nitrogen and oxygen atoms in total. The first-order valence-electron chi connectivity index (χ1n) is 5.79. The van der Waals surface area contributed by atoms with E-state index in [-0.39, 0.29) is 0 Å². The Labute approximate surface area is 112 Å². The Morgan fingerprint density at radius 1 is 1.33 bits per heavy atom. The second-order valence-electron chi connectivity index (χ2n) is 4.22. The fourth-order valence-corrected chi connectivity index (χ4v) is 2.22. The molecule has 0 aliphatic heterocycles.